The first-order valence-corrected chi connectivity index (χ1v) is 13.8. The van der Waals surface area contributed by atoms with Crippen LogP contribution in [0.15, 0.2) is 29.1 Å². The fraction of sp³-hybridized carbons (Fsp3) is 0.655. The topological polar surface area (TPSA) is 75.2 Å². The molecule has 0 bridgehead atoms. The van der Waals surface area contributed by atoms with Crippen LogP contribution in [0.3, 0.4) is 0 Å². The lowest BCUT2D eigenvalue weighted by molar-refractivity contribution is 0.184. The molecule has 2 rings (SSSR count). The second-order valence-electron chi connectivity index (χ2n) is 9.69. The van der Waals surface area contributed by atoms with Gasteiger partial charge in [0.2, 0.25) is 5.88 Å². The summed E-state index contributed by atoms with van der Waals surface area (Å²) < 4.78 is 33.8. The molecular formula is C29H44F2N2O3. The number of nitrogens with zero attached hydrogens (tertiary/aromatic N) is 1. The van der Waals surface area contributed by atoms with Gasteiger partial charge in [-0.2, -0.15) is 4.98 Å². The van der Waals surface area contributed by atoms with Crippen LogP contribution in [-0.2, 0) is 6.42 Å². The minimum atomic E-state index is -1.00. The Morgan fingerprint density at radius 1 is 0.861 bits per heavy atom. The maximum Gasteiger partial charge on any atom is 0.258 e. The van der Waals surface area contributed by atoms with Crippen molar-refractivity contribution in [1.82, 2.24) is 9.97 Å². The molecule has 2 N–H and O–H groups in total. The van der Waals surface area contributed by atoms with E-state index in [4.69, 9.17) is 4.74 Å². The van der Waals surface area contributed by atoms with Gasteiger partial charge in [-0.3, -0.25) is 4.79 Å². The zero-order chi connectivity index (χ0) is 26.2. The van der Waals surface area contributed by atoms with Crippen LogP contribution in [0.4, 0.5) is 8.78 Å². The molecule has 202 valence electrons. The lowest BCUT2D eigenvalue weighted by Crippen LogP contribution is -2.17. The molecule has 5 nitrogen and oxygen atoms in total. The van der Waals surface area contributed by atoms with Crippen LogP contribution in [0.5, 0.6) is 11.6 Å². The number of aromatic amines is 1. The molecule has 0 aliphatic carbocycles. The first-order valence-electron chi connectivity index (χ1n) is 13.8. The number of hydrogen-bond acceptors (Lipinski definition) is 4. The van der Waals surface area contributed by atoms with Crippen LogP contribution in [0.1, 0.15) is 103 Å². The lowest BCUT2D eigenvalue weighted by Gasteiger charge is -2.11. The van der Waals surface area contributed by atoms with E-state index in [1.807, 2.05) is 0 Å². The first kappa shape index (κ1) is 29.8. The zero-order valence-electron chi connectivity index (χ0n) is 22.0. The van der Waals surface area contributed by atoms with Gasteiger partial charge < -0.3 is 14.8 Å². The Bertz CT molecular complexity index is 918. The molecule has 0 amide bonds. The summed E-state index contributed by atoms with van der Waals surface area (Å²) in [4.78, 5) is 19.3. The molecule has 0 saturated carbocycles. The minimum absolute atomic E-state index is 0.00699. The summed E-state index contributed by atoms with van der Waals surface area (Å²) in [6, 6.07) is 6.76. The summed E-state index contributed by atoms with van der Waals surface area (Å²) in [5.74, 6) is 0.373. The summed E-state index contributed by atoms with van der Waals surface area (Å²) >= 11 is 0. The van der Waals surface area contributed by atoms with E-state index in [9.17, 15) is 18.7 Å². The molecule has 7 heteroatoms. The molecule has 0 aliphatic rings. The van der Waals surface area contributed by atoms with Crippen LogP contribution in [0.25, 0.3) is 11.4 Å². The molecule has 0 spiro atoms. The van der Waals surface area contributed by atoms with E-state index in [1.54, 1.807) is 24.3 Å². The summed E-state index contributed by atoms with van der Waals surface area (Å²) in [6.45, 7) is 4.30. The van der Waals surface area contributed by atoms with E-state index in [-0.39, 0.29) is 36.7 Å². The molecule has 0 radical (unpaired) electrons. The molecule has 0 unspecified atom stereocenters. The molecule has 1 heterocycles. The van der Waals surface area contributed by atoms with Crippen LogP contribution < -0.4 is 10.3 Å². The van der Waals surface area contributed by atoms with E-state index < -0.39 is 17.9 Å². The van der Waals surface area contributed by atoms with E-state index in [0.29, 0.717) is 24.2 Å². The molecule has 0 aliphatic heterocycles. The summed E-state index contributed by atoms with van der Waals surface area (Å²) in [5, 5.41) is 10.3. The normalized spacial score (nSPS) is 13.0. The highest BCUT2D eigenvalue weighted by Gasteiger charge is 2.15. The third-order valence-corrected chi connectivity index (χ3v) is 6.50. The van der Waals surface area contributed by atoms with Gasteiger partial charge >= 0.3 is 0 Å². The molecule has 2 atom stereocenters. The van der Waals surface area contributed by atoms with Gasteiger partial charge in [0, 0.05) is 5.56 Å². The Hall–Kier alpha value is -2.44. The van der Waals surface area contributed by atoms with Crippen molar-refractivity contribution in [2.45, 2.75) is 116 Å². The number of hydrogen-bond donors (Lipinski definition) is 2. The van der Waals surface area contributed by atoms with Crippen molar-refractivity contribution in [3.8, 4) is 23.0 Å². The summed E-state index contributed by atoms with van der Waals surface area (Å²) in [6.07, 6.45) is 10.1. The van der Waals surface area contributed by atoms with Gasteiger partial charge in [0.1, 0.15) is 30.5 Å². The fourth-order valence-corrected chi connectivity index (χ4v) is 4.21. The predicted molar refractivity (Wildman–Crippen MR) is 142 cm³/mol. The molecule has 2 aromatic rings. The van der Waals surface area contributed by atoms with Crippen LogP contribution >= 0.6 is 0 Å². The Morgan fingerprint density at radius 3 is 2.08 bits per heavy atom. The van der Waals surface area contributed by atoms with Crippen LogP contribution in [-0.4, -0.2) is 34.0 Å². The van der Waals surface area contributed by atoms with Gasteiger partial charge in [-0.1, -0.05) is 78.1 Å². The Morgan fingerprint density at radius 2 is 1.44 bits per heavy atom. The Balaban J connectivity index is 1.82. The number of aromatic hydroxyl groups is 1. The second kappa shape index (κ2) is 17.1. The Labute approximate surface area is 214 Å². The van der Waals surface area contributed by atoms with Crippen molar-refractivity contribution in [2.24, 2.45) is 0 Å². The van der Waals surface area contributed by atoms with Crippen molar-refractivity contribution < 1.29 is 18.6 Å². The van der Waals surface area contributed by atoms with E-state index in [0.717, 1.165) is 44.9 Å². The van der Waals surface area contributed by atoms with Gasteiger partial charge in [-0.15, -0.1) is 0 Å². The molecule has 0 fully saturated rings. The number of alkyl halides is 2. The molecular weight excluding hydrogens is 462 g/mol. The minimum Gasteiger partial charge on any atom is -0.493 e. The summed E-state index contributed by atoms with van der Waals surface area (Å²) in [5.41, 5.74) is 0.227. The first-order chi connectivity index (χ1) is 17.4. The molecule has 0 saturated heterocycles. The van der Waals surface area contributed by atoms with Gasteiger partial charge in [-0.05, 0) is 49.9 Å². The third-order valence-electron chi connectivity index (χ3n) is 6.50. The van der Waals surface area contributed by atoms with Crippen LogP contribution in [0, 0.1) is 0 Å². The SMILES string of the molecule is CCCCCCCC[C@H](F)COc1ccc(-c2nc(O)c(CC[C@@H](F)CCCCCC)c(=O)[nH]2)cc1. The number of nitrogens with one attached hydrogen (secondary N) is 1. The van der Waals surface area contributed by atoms with Gasteiger partial charge in [0.15, 0.2) is 0 Å². The maximum atomic E-state index is 14.1. The predicted octanol–water partition coefficient (Wildman–Crippen LogP) is 7.85. The number of unbranched alkanes of at least 4 members (excludes halogenated alkanes) is 8. The van der Waals surface area contributed by atoms with Crippen molar-refractivity contribution in [3.05, 3.63) is 40.2 Å². The van der Waals surface area contributed by atoms with E-state index in [2.05, 4.69) is 23.8 Å². The van der Waals surface area contributed by atoms with Gasteiger partial charge in [0.25, 0.3) is 5.56 Å². The number of halogens is 2. The smallest absolute Gasteiger partial charge is 0.258 e. The molecule has 1 aromatic carbocycles. The van der Waals surface area contributed by atoms with E-state index in [1.165, 1.54) is 19.3 Å². The summed E-state index contributed by atoms with van der Waals surface area (Å²) in [7, 11) is 0. The maximum absolute atomic E-state index is 14.1. The largest absolute Gasteiger partial charge is 0.493 e. The number of rotatable bonds is 19. The average Bonchev–Trinajstić information content (AvgIpc) is 2.87. The second-order valence-corrected chi connectivity index (χ2v) is 9.69. The highest BCUT2D eigenvalue weighted by molar-refractivity contribution is 5.57. The Kier molecular flexibility index (Phi) is 14.1. The third kappa shape index (κ3) is 11.1. The number of benzene rings is 1. The molecule has 1 aromatic heterocycles. The standard InChI is InChI=1S/C29H44F2N2O3/c1-3-5-7-9-10-12-14-24(31)21-36-25-18-15-22(16-19-25)27-32-28(34)26(29(35)33-27)20-17-23(30)13-11-8-6-4-2/h15-16,18-19,23-24H,3-14,17,20-21H2,1-2H3,(H2,32,33,34,35)/t23-,24-/m0/s1. The van der Waals surface area contributed by atoms with Crippen molar-refractivity contribution in [2.75, 3.05) is 6.61 Å². The highest BCUT2D eigenvalue weighted by Crippen LogP contribution is 2.23. The quantitative estimate of drug-likeness (QED) is 0.190. The monoisotopic (exact) mass is 506 g/mol. The highest BCUT2D eigenvalue weighted by atomic mass is 19.1. The van der Waals surface area contributed by atoms with Gasteiger partial charge in [-0.25, -0.2) is 8.78 Å². The van der Waals surface area contributed by atoms with Crippen molar-refractivity contribution in [3.63, 3.8) is 0 Å². The average molecular weight is 507 g/mol. The molecule has 36 heavy (non-hydrogen) atoms. The number of aromatic nitrogens is 2. The lowest BCUT2D eigenvalue weighted by atomic mass is 10.0. The van der Waals surface area contributed by atoms with Crippen molar-refractivity contribution in [1.29, 1.82) is 0 Å². The number of ether oxygens (including phenoxy) is 1. The van der Waals surface area contributed by atoms with Gasteiger partial charge in [0.05, 0.1) is 5.56 Å². The van der Waals surface area contributed by atoms with Crippen LogP contribution in [0.2, 0.25) is 0 Å². The van der Waals surface area contributed by atoms with Crippen molar-refractivity contribution >= 4 is 0 Å². The van der Waals surface area contributed by atoms with E-state index >= 15 is 0 Å². The zero-order valence-corrected chi connectivity index (χ0v) is 22.0. The number of H-pyrrole nitrogens is 1. The fourth-order valence-electron chi connectivity index (χ4n) is 4.21.